The molecule has 2 aromatic rings. The Morgan fingerprint density at radius 1 is 1.13 bits per heavy atom. The molecule has 1 saturated heterocycles. The minimum Gasteiger partial charge on any atom is -0.493 e. The average molecular weight is 427 g/mol. The number of benzene rings is 2. The van der Waals surface area contributed by atoms with Crippen LogP contribution in [0.1, 0.15) is 24.1 Å². The number of guanidine groups is 1. The molecule has 0 aliphatic carbocycles. The van der Waals surface area contributed by atoms with Gasteiger partial charge >= 0.3 is 0 Å². The molecule has 2 aromatic carbocycles. The topological polar surface area (TPSA) is 67.4 Å². The Morgan fingerprint density at radius 2 is 1.87 bits per heavy atom. The van der Waals surface area contributed by atoms with E-state index in [1.807, 2.05) is 25.1 Å². The summed E-state index contributed by atoms with van der Waals surface area (Å²) in [6, 6.07) is 14.8. The third kappa shape index (κ3) is 6.35. The zero-order chi connectivity index (χ0) is 22.1. The van der Waals surface area contributed by atoms with Crippen LogP contribution < -0.4 is 20.1 Å². The Bertz CT molecular complexity index is 848. The van der Waals surface area contributed by atoms with Gasteiger partial charge in [0.15, 0.2) is 17.5 Å². The fourth-order valence-electron chi connectivity index (χ4n) is 3.66. The number of methoxy groups -OCH3 is 1. The van der Waals surface area contributed by atoms with E-state index >= 15 is 0 Å². The fraction of sp³-hybridized carbons (Fsp3) is 0.458. The molecule has 1 fully saturated rings. The van der Waals surface area contributed by atoms with Crippen molar-refractivity contribution in [2.75, 3.05) is 58.9 Å². The molecule has 3 rings (SSSR count). The van der Waals surface area contributed by atoms with Crippen LogP contribution in [0.15, 0.2) is 47.5 Å². The molecular weight excluding hydrogens is 392 g/mol. The number of aryl methyl sites for hydroxylation is 1. The van der Waals surface area contributed by atoms with Crippen LogP contribution in [0.4, 0.5) is 5.69 Å². The molecule has 0 radical (unpaired) electrons. The second-order valence-corrected chi connectivity index (χ2v) is 7.45. The van der Waals surface area contributed by atoms with Gasteiger partial charge in [0.05, 0.1) is 33.0 Å². The molecule has 0 aromatic heterocycles. The van der Waals surface area contributed by atoms with Crippen molar-refractivity contribution in [3.63, 3.8) is 0 Å². The van der Waals surface area contributed by atoms with Crippen molar-refractivity contribution in [1.29, 1.82) is 0 Å². The minimum atomic E-state index is 0.234. The van der Waals surface area contributed by atoms with E-state index in [4.69, 9.17) is 14.2 Å². The highest BCUT2D eigenvalue weighted by molar-refractivity contribution is 5.93. The molecule has 1 aliphatic heterocycles. The monoisotopic (exact) mass is 426 g/mol. The molecule has 1 aliphatic rings. The maximum Gasteiger partial charge on any atom is 0.195 e. The first-order chi connectivity index (χ1) is 15.1. The van der Waals surface area contributed by atoms with E-state index in [0.717, 1.165) is 44.3 Å². The van der Waals surface area contributed by atoms with E-state index in [0.29, 0.717) is 18.3 Å². The van der Waals surface area contributed by atoms with Gasteiger partial charge in [0, 0.05) is 38.4 Å². The van der Waals surface area contributed by atoms with E-state index in [9.17, 15) is 0 Å². The molecule has 1 unspecified atom stereocenters. The van der Waals surface area contributed by atoms with Gasteiger partial charge in [-0.1, -0.05) is 29.8 Å². The van der Waals surface area contributed by atoms with E-state index in [-0.39, 0.29) is 6.04 Å². The average Bonchev–Trinajstić information content (AvgIpc) is 2.81. The molecule has 31 heavy (non-hydrogen) atoms. The lowest BCUT2D eigenvalue weighted by Gasteiger charge is -2.35. The summed E-state index contributed by atoms with van der Waals surface area (Å²) in [5.41, 5.74) is 3.43. The summed E-state index contributed by atoms with van der Waals surface area (Å²) in [4.78, 5) is 6.87. The molecule has 1 atom stereocenters. The van der Waals surface area contributed by atoms with Crippen molar-refractivity contribution in [2.24, 2.45) is 4.99 Å². The second-order valence-electron chi connectivity index (χ2n) is 7.45. The summed E-state index contributed by atoms with van der Waals surface area (Å²) in [5.74, 6) is 2.12. The maximum atomic E-state index is 5.60. The molecule has 2 N–H and O–H groups in total. The number of rotatable bonds is 8. The van der Waals surface area contributed by atoms with Crippen LogP contribution in [0.2, 0.25) is 0 Å². The number of nitrogens with zero attached hydrogens (tertiary/aromatic N) is 2. The van der Waals surface area contributed by atoms with Crippen LogP contribution >= 0.6 is 0 Å². The highest BCUT2D eigenvalue weighted by Gasteiger charge is 2.23. The largest absolute Gasteiger partial charge is 0.493 e. The number of ether oxygens (including phenoxy) is 3. The minimum absolute atomic E-state index is 0.234. The molecule has 168 valence electrons. The zero-order valence-corrected chi connectivity index (χ0v) is 19.0. The molecule has 0 spiro atoms. The maximum absolute atomic E-state index is 5.60. The number of hydrogen-bond donors (Lipinski definition) is 2. The van der Waals surface area contributed by atoms with Crippen LogP contribution in [0, 0.1) is 6.92 Å². The molecule has 0 saturated carbocycles. The van der Waals surface area contributed by atoms with Gasteiger partial charge in [0.2, 0.25) is 0 Å². The van der Waals surface area contributed by atoms with Crippen molar-refractivity contribution < 1.29 is 14.2 Å². The quantitative estimate of drug-likeness (QED) is 0.498. The number of hydrogen-bond acceptors (Lipinski definition) is 5. The summed E-state index contributed by atoms with van der Waals surface area (Å²) in [5, 5.41) is 6.84. The predicted molar refractivity (Wildman–Crippen MR) is 125 cm³/mol. The molecule has 7 nitrogen and oxygen atoms in total. The summed E-state index contributed by atoms with van der Waals surface area (Å²) in [6.07, 6.45) is 0. The van der Waals surface area contributed by atoms with Crippen molar-refractivity contribution in [1.82, 2.24) is 10.2 Å². The first kappa shape index (κ1) is 22.9. The number of nitrogens with one attached hydrogen (secondary N) is 2. The summed E-state index contributed by atoms with van der Waals surface area (Å²) in [7, 11) is 3.42. The van der Waals surface area contributed by atoms with Crippen molar-refractivity contribution in [2.45, 2.75) is 19.9 Å². The van der Waals surface area contributed by atoms with Crippen LogP contribution in [0.5, 0.6) is 11.5 Å². The van der Waals surface area contributed by atoms with E-state index in [2.05, 4.69) is 51.7 Å². The van der Waals surface area contributed by atoms with Gasteiger partial charge in [-0.3, -0.25) is 9.89 Å². The van der Waals surface area contributed by atoms with Gasteiger partial charge in [-0.05, 0) is 31.5 Å². The Balaban J connectivity index is 1.69. The second kappa shape index (κ2) is 11.6. The van der Waals surface area contributed by atoms with Crippen LogP contribution in [0.25, 0.3) is 0 Å². The van der Waals surface area contributed by atoms with Gasteiger partial charge in [-0.25, -0.2) is 0 Å². The SMILES string of the molecule is CCOc1ccc(NC(=NC)NCC(c2ccc(C)cc2)N2CCOCC2)cc1OC. The number of anilines is 1. The lowest BCUT2D eigenvalue weighted by Crippen LogP contribution is -2.44. The Hall–Kier alpha value is -2.77. The van der Waals surface area contributed by atoms with Gasteiger partial charge in [0.25, 0.3) is 0 Å². The van der Waals surface area contributed by atoms with E-state index in [1.165, 1.54) is 11.1 Å². The van der Waals surface area contributed by atoms with Crippen molar-refractivity contribution >= 4 is 11.6 Å². The number of aliphatic imine (C=N–C) groups is 1. The first-order valence-electron chi connectivity index (χ1n) is 10.8. The van der Waals surface area contributed by atoms with Gasteiger partial charge in [0.1, 0.15) is 0 Å². The van der Waals surface area contributed by atoms with Gasteiger partial charge < -0.3 is 24.8 Å². The van der Waals surface area contributed by atoms with E-state index < -0.39 is 0 Å². The van der Waals surface area contributed by atoms with Crippen LogP contribution in [-0.2, 0) is 4.74 Å². The zero-order valence-electron chi connectivity index (χ0n) is 19.0. The third-order valence-electron chi connectivity index (χ3n) is 5.36. The first-order valence-corrected chi connectivity index (χ1v) is 10.8. The molecule has 1 heterocycles. The summed E-state index contributed by atoms with van der Waals surface area (Å²) >= 11 is 0. The number of morpholine rings is 1. The van der Waals surface area contributed by atoms with Crippen LogP contribution in [0.3, 0.4) is 0 Å². The Labute approximate surface area is 185 Å². The van der Waals surface area contributed by atoms with Gasteiger partial charge in [-0.2, -0.15) is 0 Å². The molecule has 0 bridgehead atoms. The lowest BCUT2D eigenvalue weighted by molar-refractivity contribution is 0.0170. The Kier molecular flexibility index (Phi) is 8.55. The van der Waals surface area contributed by atoms with E-state index in [1.54, 1.807) is 14.2 Å². The highest BCUT2D eigenvalue weighted by Crippen LogP contribution is 2.30. The van der Waals surface area contributed by atoms with Crippen LogP contribution in [-0.4, -0.2) is 64.5 Å². The fourth-order valence-corrected chi connectivity index (χ4v) is 3.66. The third-order valence-corrected chi connectivity index (χ3v) is 5.36. The highest BCUT2D eigenvalue weighted by atomic mass is 16.5. The molecular formula is C24H34N4O3. The molecule has 0 amide bonds. The summed E-state index contributed by atoms with van der Waals surface area (Å²) in [6.45, 7) is 8.76. The van der Waals surface area contributed by atoms with Crippen molar-refractivity contribution in [3.8, 4) is 11.5 Å². The normalized spacial score (nSPS) is 15.9. The van der Waals surface area contributed by atoms with Crippen molar-refractivity contribution in [3.05, 3.63) is 53.6 Å². The molecule has 7 heteroatoms. The standard InChI is InChI=1S/C24H34N4O3/c1-5-31-22-11-10-20(16-23(22)29-4)27-24(25-3)26-17-21(28-12-14-30-15-13-28)19-8-6-18(2)7-9-19/h6-11,16,21H,5,12-15,17H2,1-4H3,(H2,25,26,27). The Morgan fingerprint density at radius 3 is 2.52 bits per heavy atom. The van der Waals surface area contributed by atoms with Gasteiger partial charge in [-0.15, -0.1) is 0 Å². The smallest absolute Gasteiger partial charge is 0.195 e. The predicted octanol–water partition coefficient (Wildman–Crippen LogP) is 3.46. The summed E-state index contributed by atoms with van der Waals surface area (Å²) < 4.78 is 16.6. The lowest BCUT2D eigenvalue weighted by atomic mass is 10.0.